The largest absolute Gasteiger partial charge is 0.493 e. The van der Waals surface area contributed by atoms with E-state index in [1.807, 2.05) is 48.7 Å². The van der Waals surface area contributed by atoms with E-state index >= 15 is 0 Å². The van der Waals surface area contributed by atoms with E-state index in [1.165, 1.54) is 15.9 Å². The molecule has 0 fully saturated rings. The molecular formula is C20H17N3O3S. The number of aromatic nitrogens is 3. The number of nitrogens with one attached hydrogen (secondary N) is 1. The monoisotopic (exact) mass is 379 g/mol. The third-order valence-electron chi connectivity index (χ3n) is 4.22. The lowest BCUT2D eigenvalue weighted by atomic mass is 10.1. The van der Waals surface area contributed by atoms with Gasteiger partial charge in [-0.2, -0.15) is 0 Å². The standard InChI is InChI=1S/C20H17N3O3S/c1-2-26-17-7-4-3-6-14(17)13-10-15-19(21-11-13)22-20(25)23(15)12-16(24)18-8-5-9-27-18/h3-11H,2,12H2,1H3,(H,21,22,25). The molecule has 7 heteroatoms. The van der Waals surface area contributed by atoms with E-state index in [-0.39, 0.29) is 18.0 Å². The van der Waals surface area contributed by atoms with Crippen molar-refractivity contribution in [1.82, 2.24) is 14.5 Å². The minimum absolute atomic E-state index is 0.0302. The first-order valence-corrected chi connectivity index (χ1v) is 9.43. The third kappa shape index (κ3) is 3.29. The fraction of sp³-hybridized carbons (Fsp3) is 0.150. The average molecular weight is 379 g/mol. The zero-order valence-corrected chi connectivity index (χ0v) is 15.5. The molecule has 0 amide bonds. The summed E-state index contributed by atoms with van der Waals surface area (Å²) in [5.74, 6) is 0.647. The molecule has 1 N–H and O–H groups in total. The number of carbonyl (C=O) groups is 1. The first kappa shape index (κ1) is 17.2. The smallest absolute Gasteiger partial charge is 0.328 e. The molecule has 0 radical (unpaired) electrons. The van der Waals surface area contributed by atoms with Gasteiger partial charge < -0.3 is 4.74 Å². The molecule has 0 bridgehead atoms. The van der Waals surface area contributed by atoms with E-state index < -0.39 is 0 Å². The molecule has 0 atom stereocenters. The lowest BCUT2D eigenvalue weighted by Gasteiger charge is -2.10. The van der Waals surface area contributed by atoms with E-state index in [4.69, 9.17) is 4.74 Å². The number of pyridine rings is 1. The van der Waals surface area contributed by atoms with Gasteiger partial charge in [-0.3, -0.25) is 14.3 Å². The summed E-state index contributed by atoms with van der Waals surface area (Å²) in [6, 6.07) is 13.1. The second-order valence-corrected chi connectivity index (χ2v) is 6.89. The number of fused-ring (bicyclic) bond motifs is 1. The molecule has 0 aliphatic rings. The Bertz CT molecular complexity index is 1160. The van der Waals surface area contributed by atoms with Crippen molar-refractivity contribution in [3.63, 3.8) is 0 Å². The van der Waals surface area contributed by atoms with Crippen LogP contribution < -0.4 is 10.4 Å². The number of rotatable bonds is 6. The molecule has 27 heavy (non-hydrogen) atoms. The fourth-order valence-electron chi connectivity index (χ4n) is 2.98. The quantitative estimate of drug-likeness (QED) is 0.518. The van der Waals surface area contributed by atoms with Gasteiger partial charge in [-0.15, -0.1) is 11.3 Å². The van der Waals surface area contributed by atoms with E-state index in [2.05, 4.69) is 9.97 Å². The predicted octanol–water partition coefficient (Wildman–Crippen LogP) is 3.73. The third-order valence-corrected chi connectivity index (χ3v) is 5.14. The Balaban J connectivity index is 1.78. The molecule has 4 rings (SSSR count). The van der Waals surface area contributed by atoms with Crippen molar-refractivity contribution in [1.29, 1.82) is 0 Å². The van der Waals surface area contributed by atoms with Crippen LogP contribution in [0.15, 0.2) is 58.8 Å². The van der Waals surface area contributed by atoms with Gasteiger partial charge in [0.2, 0.25) is 0 Å². The van der Waals surface area contributed by atoms with Crippen molar-refractivity contribution >= 4 is 28.3 Å². The van der Waals surface area contributed by atoms with Crippen LogP contribution in [0, 0.1) is 0 Å². The molecule has 0 aliphatic heterocycles. The minimum Gasteiger partial charge on any atom is -0.493 e. The first-order chi connectivity index (χ1) is 13.2. The van der Waals surface area contributed by atoms with Crippen molar-refractivity contribution in [2.24, 2.45) is 0 Å². The molecule has 4 aromatic rings. The molecular weight excluding hydrogens is 362 g/mol. The molecule has 0 aliphatic carbocycles. The number of hydrogen-bond donors (Lipinski definition) is 1. The van der Waals surface area contributed by atoms with Crippen LogP contribution in [0.2, 0.25) is 0 Å². The second-order valence-electron chi connectivity index (χ2n) is 5.94. The molecule has 1 aromatic carbocycles. The molecule has 0 saturated carbocycles. The molecule has 0 spiro atoms. The van der Waals surface area contributed by atoms with Crippen molar-refractivity contribution in [2.75, 3.05) is 6.61 Å². The summed E-state index contributed by atoms with van der Waals surface area (Å²) >= 11 is 1.36. The predicted molar refractivity (Wildman–Crippen MR) is 106 cm³/mol. The number of imidazole rings is 1. The number of aromatic amines is 1. The summed E-state index contributed by atoms with van der Waals surface area (Å²) in [6.45, 7) is 2.45. The highest BCUT2D eigenvalue weighted by Gasteiger charge is 2.15. The van der Waals surface area contributed by atoms with Gasteiger partial charge in [-0.25, -0.2) is 9.78 Å². The Hall–Kier alpha value is -3.19. The van der Waals surface area contributed by atoms with Gasteiger partial charge in [0.05, 0.1) is 23.5 Å². The summed E-state index contributed by atoms with van der Waals surface area (Å²) in [5.41, 5.74) is 2.41. The van der Waals surface area contributed by atoms with Crippen LogP contribution in [-0.4, -0.2) is 26.9 Å². The lowest BCUT2D eigenvalue weighted by molar-refractivity contribution is 0.0976. The van der Waals surface area contributed by atoms with Crippen molar-refractivity contribution in [2.45, 2.75) is 13.5 Å². The highest BCUT2D eigenvalue weighted by Crippen LogP contribution is 2.30. The summed E-state index contributed by atoms with van der Waals surface area (Å²) in [6.07, 6.45) is 1.70. The minimum atomic E-state index is -0.349. The van der Waals surface area contributed by atoms with Crippen LogP contribution in [0.1, 0.15) is 16.6 Å². The highest BCUT2D eigenvalue weighted by atomic mass is 32.1. The Morgan fingerprint density at radius 1 is 1.26 bits per heavy atom. The second kappa shape index (κ2) is 7.20. The number of ether oxygens (including phenoxy) is 1. The van der Waals surface area contributed by atoms with Crippen LogP contribution in [0.5, 0.6) is 5.75 Å². The number of Topliss-reactive ketones (excluding diaryl/α,β-unsaturated/α-hetero) is 1. The maximum Gasteiger partial charge on any atom is 0.328 e. The van der Waals surface area contributed by atoms with Crippen molar-refractivity contribution in [3.8, 4) is 16.9 Å². The normalized spacial score (nSPS) is 11.0. The maximum absolute atomic E-state index is 12.5. The first-order valence-electron chi connectivity index (χ1n) is 8.55. The number of thiophene rings is 1. The lowest BCUT2D eigenvalue weighted by Crippen LogP contribution is -2.21. The Kier molecular flexibility index (Phi) is 4.60. The van der Waals surface area contributed by atoms with E-state index in [0.29, 0.717) is 22.6 Å². The van der Waals surface area contributed by atoms with E-state index in [9.17, 15) is 9.59 Å². The number of carbonyl (C=O) groups excluding carboxylic acids is 1. The van der Waals surface area contributed by atoms with Crippen molar-refractivity contribution in [3.05, 3.63) is 69.4 Å². The number of benzene rings is 1. The SMILES string of the molecule is CCOc1ccccc1-c1cnc2[nH]c(=O)n(CC(=O)c3cccs3)c2c1. The van der Waals surface area contributed by atoms with Gasteiger partial charge in [-0.1, -0.05) is 24.3 Å². The van der Waals surface area contributed by atoms with E-state index in [1.54, 1.807) is 12.3 Å². The summed E-state index contributed by atoms with van der Waals surface area (Å²) in [5, 5.41) is 1.84. The highest BCUT2D eigenvalue weighted by molar-refractivity contribution is 7.12. The molecule has 0 saturated heterocycles. The number of ketones is 1. The van der Waals surface area contributed by atoms with Crippen LogP contribution in [0.3, 0.4) is 0 Å². The summed E-state index contributed by atoms with van der Waals surface area (Å²) in [4.78, 5) is 32.5. The topological polar surface area (TPSA) is 77.0 Å². The zero-order chi connectivity index (χ0) is 18.8. The van der Waals surface area contributed by atoms with Gasteiger partial charge in [0.25, 0.3) is 0 Å². The van der Waals surface area contributed by atoms with Crippen LogP contribution in [0.4, 0.5) is 0 Å². The summed E-state index contributed by atoms with van der Waals surface area (Å²) in [7, 11) is 0. The van der Waals surface area contributed by atoms with Gasteiger partial charge in [0, 0.05) is 17.3 Å². The Morgan fingerprint density at radius 3 is 2.89 bits per heavy atom. The maximum atomic E-state index is 12.5. The van der Waals surface area contributed by atoms with E-state index in [0.717, 1.165) is 16.9 Å². The zero-order valence-electron chi connectivity index (χ0n) is 14.6. The average Bonchev–Trinajstić information content (AvgIpc) is 3.31. The number of hydrogen-bond acceptors (Lipinski definition) is 5. The summed E-state index contributed by atoms with van der Waals surface area (Å²) < 4.78 is 7.12. The fourth-order valence-corrected chi connectivity index (χ4v) is 3.64. The number of nitrogens with zero attached hydrogens (tertiary/aromatic N) is 2. The molecule has 136 valence electrons. The van der Waals surface area contributed by atoms with Crippen LogP contribution in [0.25, 0.3) is 22.3 Å². The molecule has 3 heterocycles. The van der Waals surface area contributed by atoms with Gasteiger partial charge >= 0.3 is 5.69 Å². The Morgan fingerprint density at radius 2 is 2.11 bits per heavy atom. The molecule has 3 aromatic heterocycles. The van der Waals surface area contributed by atoms with Gasteiger partial charge in [0.1, 0.15) is 5.75 Å². The van der Waals surface area contributed by atoms with Crippen LogP contribution >= 0.6 is 11.3 Å². The van der Waals surface area contributed by atoms with Crippen molar-refractivity contribution < 1.29 is 9.53 Å². The van der Waals surface area contributed by atoms with Gasteiger partial charge in [0.15, 0.2) is 11.4 Å². The van der Waals surface area contributed by atoms with Crippen LogP contribution in [-0.2, 0) is 6.54 Å². The molecule has 6 nitrogen and oxygen atoms in total. The number of para-hydroxylation sites is 1. The Labute approximate surface area is 159 Å². The molecule has 0 unspecified atom stereocenters. The number of H-pyrrole nitrogens is 1. The van der Waals surface area contributed by atoms with Gasteiger partial charge in [-0.05, 0) is 30.5 Å².